The molecule has 17 heavy (non-hydrogen) atoms. The van der Waals surface area contributed by atoms with Crippen LogP contribution < -0.4 is 10.5 Å². The van der Waals surface area contributed by atoms with Gasteiger partial charge < -0.3 is 10.5 Å². The number of methoxy groups -OCH3 is 1. The highest BCUT2D eigenvalue weighted by Crippen LogP contribution is 2.48. The lowest BCUT2D eigenvalue weighted by molar-refractivity contribution is 0.415. The number of pyridine rings is 1. The van der Waals surface area contributed by atoms with Crippen LogP contribution in [0.2, 0.25) is 0 Å². The van der Waals surface area contributed by atoms with Crippen LogP contribution in [-0.4, -0.2) is 18.6 Å². The molecule has 2 N–H and O–H groups in total. The van der Waals surface area contributed by atoms with Gasteiger partial charge in [-0.2, -0.15) is 0 Å². The van der Waals surface area contributed by atoms with Gasteiger partial charge in [-0.25, -0.2) is 0 Å². The normalized spacial score (nSPS) is 17.1. The number of aromatic nitrogens is 1. The molecule has 1 saturated carbocycles. The van der Waals surface area contributed by atoms with E-state index in [4.69, 9.17) is 10.5 Å². The molecule has 1 heterocycles. The molecule has 1 aromatic heterocycles. The van der Waals surface area contributed by atoms with Gasteiger partial charge in [-0.3, -0.25) is 4.98 Å². The maximum absolute atomic E-state index is 5.89. The number of nitrogens with two attached hydrogens (primary N) is 1. The second kappa shape index (κ2) is 3.70. The van der Waals surface area contributed by atoms with Crippen LogP contribution in [0.3, 0.4) is 0 Å². The van der Waals surface area contributed by atoms with Crippen LogP contribution in [0, 0.1) is 0 Å². The number of hydrogen-bond donors (Lipinski definition) is 1. The van der Waals surface area contributed by atoms with E-state index in [9.17, 15) is 0 Å². The molecule has 3 heteroatoms. The first-order chi connectivity index (χ1) is 8.29. The zero-order valence-corrected chi connectivity index (χ0v) is 9.94. The lowest BCUT2D eigenvalue weighted by Gasteiger charge is -2.15. The Hall–Kier alpha value is -1.61. The zero-order chi connectivity index (χ0) is 11.9. The van der Waals surface area contributed by atoms with Crippen molar-refractivity contribution < 1.29 is 4.74 Å². The Morgan fingerprint density at radius 2 is 2.18 bits per heavy atom. The van der Waals surface area contributed by atoms with Crippen molar-refractivity contribution in [1.82, 2.24) is 4.98 Å². The Kier molecular flexibility index (Phi) is 2.30. The number of hydrogen-bond acceptors (Lipinski definition) is 3. The van der Waals surface area contributed by atoms with Crippen molar-refractivity contribution in [2.24, 2.45) is 5.73 Å². The van der Waals surface area contributed by atoms with Gasteiger partial charge in [0.2, 0.25) is 0 Å². The fourth-order valence-corrected chi connectivity index (χ4v) is 2.39. The van der Waals surface area contributed by atoms with Gasteiger partial charge in [-0.15, -0.1) is 0 Å². The summed E-state index contributed by atoms with van der Waals surface area (Å²) in [5.74, 6) is 0.875. The molecular formula is C14H16N2O. The molecule has 0 radical (unpaired) electrons. The highest BCUT2D eigenvalue weighted by molar-refractivity contribution is 5.87. The third-order valence-corrected chi connectivity index (χ3v) is 3.72. The number of ether oxygens (including phenoxy) is 1. The maximum atomic E-state index is 5.89. The van der Waals surface area contributed by atoms with Crippen molar-refractivity contribution >= 4 is 10.8 Å². The monoisotopic (exact) mass is 228 g/mol. The minimum Gasteiger partial charge on any atom is -0.497 e. The van der Waals surface area contributed by atoms with Gasteiger partial charge in [-0.1, -0.05) is 6.07 Å². The topological polar surface area (TPSA) is 48.1 Å². The van der Waals surface area contributed by atoms with Crippen LogP contribution in [0.4, 0.5) is 0 Å². The second-order valence-electron chi connectivity index (χ2n) is 4.73. The Bertz CT molecular complexity index is 561. The van der Waals surface area contributed by atoms with E-state index in [0.29, 0.717) is 6.54 Å². The summed E-state index contributed by atoms with van der Waals surface area (Å²) in [6.45, 7) is 0.677. The largest absolute Gasteiger partial charge is 0.497 e. The maximum Gasteiger partial charge on any atom is 0.119 e. The molecule has 88 valence electrons. The van der Waals surface area contributed by atoms with E-state index in [-0.39, 0.29) is 5.41 Å². The summed E-state index contributed by atoms with van der Waals surface area (Å²) in [4.78, 5) is 4.55. The summed E-state index contributed by atoms with van der Waals surface area (Å²) in [5.41, 5.74) is 7.14. The van der Waals surface area contributed by atoms with Crippen molar-refractivity contribution in [3.63, 3.8) is 0 Å². The Morgan fingerprint density at radius 3 is 2.82 bits per heavy atom. The second-order valence-corrected chi connectivity index (χ2v) is 4.73. The van der Waals surface area contributed by atoms with E-state index < -0.39 is 0 Å². The summed E-state index contributed by atoms with van der Waals surface area (Å²) >= 11 is 0. The Labute approximate surface area is 101 Å². The lowest BCUT2D eigenvalue weighted by atomic mass is 9.96. The average Bonchev–Trinajstić information content (AvgIpc) is 3.18. The Morgan fingerprint density at radius 1 is 1.35 bits per heavy atom. The van der Waals surface area contributed by atoms with E-state index in [1.54, 1.807) is 7.11 Å². The first kappa shape index (κ1) is 10.5. The quantitative estimate of drug-likeness (QED) is 0.876. The van der Waals surface area contributed by atoms with Crippen molar-refractivity contribution in [3.8, 4) is 5.75 Å². The molecule has 1 aliphatic rings. The van der Waals surface area contributed by atoms with Crippen molar-refractivity contribution in [2.75, 3.05) is 13.7 Å². The molecule has 3 rings (SSSR count). The number of rotatable bonds is 3. The van der Waals surface area contributed by atoms with Crippen LogP contribution in [0.15, 0.2) is 30.5 Å². The molecule has 2 aromatic rings. The van der Waals surface area contributed by atoms with Gasteiger partial charge in [0.1, 0.15) is 5.75 Å². The summed E-state index contributed by atoms with van der Waals surface area (Å²) in [6, 6.07) is 8.15. The molecule has 1 fully saturated rings. The predicted molar refractivity (Wildman–Crippen MR) is 68.3 cm³/mol. The van der Waals surface area contributed by atoms with Gasteiger partial charge in [0.25, 0.3) is 0 Å². The highest BCUT2D eigenvalue weighted by Gasteiger charge is 2.45. The number of fused-ring (bicyclic) bond motifs is 1. The van der Waals surface area contributed by atoms with Gasteiger partial charge in [0.05, 0.1) is 12.8 Å². The lowest BCUT2D eigenvalue weighted by Crippen LogP contribution is -2.21. The molecule has 0 aliphatic heterocycles. The number of benzene rings is 1. The molecule has 1 aliphatic carbocycles. The fraction of sp³-hybridized carbons (Fsp3) is 0.357. The van der Waals surface area contributed by atoms with Gasteiger partial charge in [-0.05, 0) is 36.4 Å². The molecular weight excluding hydrogens is 212 g/mol. The molecule has 0 atom stereocenters. The number of nitrogens with zero attached hydrogens (tertiary/aromatic N) is 1. The van der Waals surface area contributed by atoms with Crippen LogP contribution in [0.25, 0.3) is 10.8 Å². The van der Waals surface area contributed by atoms with Gasteiger partial charge >= 0.3 is 0 Å². The van der Waals surface area contributed by atoms with E-state index in [2.05, 4.69) is 17.1 Å². The van der Waals surface area contributed by atoms with E-state index in [0.717, 1.165) is 24.3 Å². The molecule has 0 unspecified atom stereocenters. The van der Waals surface area contributed by atoms with E-state index >= 15 is 0 Å². The predicted octanol–water partition coefficient (Wildman–Crippen LogP) is 2.23. The third kappa shape index (κ3) is 1.58. The summed E-state index contributed by atoms with van der Waals surface area (Å²) in [5, 5.41) is 2.38. The zero-order valence-electron chi connectivity index (χ0n) is 9.94. The summed E-state index contributed by atoms with van der Waals surface area (Å²) in [6.07, 6.45) is 4.17. The van der Waals surface area contributed by atoms with Crippen LogP contribution in [0.1, 0.15) is 18.5 Å². The summed E-state index contributed by atoms with van der Waals surface area (Å²) < 4.78 is 5.28. The Balaban J connectivity index is 2.23. The molecule has 0 amide bonds. The van der Waals surface area contributed by atoms with Crippen molar-refractivity contribution in [2.45, 2.75) is 18.3 Å². The molecule has 3 nitrogen and oxygen atoms in total. The van der Waals surface area contributed by atoms with Gasteiger partial charge in [0.15, 0.2) is 0 Å². The first-order valence-corrected chi connectivity index (χ1v) is 5.92. The highest BCUT2D eigenvalue weighted by atomic mass is 16.5. The van der Waals surface area contributed by atoms with Crippen LogP contribution in [-0.2, 0) is 5.41 Å². The van der Waals surface area contributed by atoms with Crippen LogP contribution >= 0.6 is 0 Å². The molecule has 0 bridgehead atoms. The third-order valence-electron chi connectivity index (χ3n) is 3.72. The smallest absolute Gasteiger partial charge is 0.119 e. The van der Waals surface area contributed by atoms with E-state index in [1.165, 1.54) is 10.8 Å². The van der Waals surface area contributed by atoms with E-state index in [1.807, 2.05) is 18.3 Å². The SMILES string of the molecule is COc1ccc2ccnc(C3(CN)CC3)c2c1. The van der Waals surface area contributed by atoms with Crippen molar-refractivity contribution in [1.29, 1.82) is 0 Å². The van der Waals surface area contributed by atoms with Crippen LogP contribution in [0.5, 0.6) is 5.75 Å². The first-order valence-electron chi connectivity index (χ1n) is 5.92. The minimum atomic E-state index is 0.117. The fourth-order valence-electron chi connectivity index (χ4n) is 2.39. The molecule has 1 aromatic carbocycles. The average molecular weight is 228 g/mol. The summed E-state index contributed by atoms with van der Waals surface area (Å²) in [7, 11) is 1.69. The molecule has 0 saturated heterocycles. The molecule has 0 spiro atoms. The standard InChI is InChI=1S/C14H16N2O/c1-17-11-3-2-10-4-7-16-13(12(10)8-11)14(9-15)5-6-14/h2-4,7-8H,5-6,9,15H2,1H3. The minimum absolute atomic E-state index is 0.117. The van der Waals surface area contributed by atoms with Crippen molar-refractivity contribution in [3.05, 3.63) is 36.2 Å². The van der Waals surface area contributed by atoms with Gasteiger partial charge in [0, 0.05) is 23.5 Å².